The van der Waals surface area contributed by atoms with Gasteiger partial charge in [0.1, 0.15) is 19.0 Å². The molecular weight excluding hydrogens is 444 g/mol. The van der Waals surface area contributed by atoms with Crippen molar-refractivity contribution in [3.8, 4) is 17.2 Å². The van der Waals surface area contributed by atoms with Gasteiger partial charge in [0.15, 0.2) is 11.5 Å². The van der Waals surface area contributed by atoms with E-state index in [4.69, 9.17) is 14.2 Å². The molecule has 2 N–H and O–H groups in total. The van der Waals surface area contributed by atoms with Crippen LogP contribution in [0.2, 0.25) is 0 Å². The van der Waals surface area contributed by atoms with Gasteiger partial charge in [-0.25, -0.2) is 8.42 Å². The van der Waals surface area contributed by atoms with E-state index in [1.165, 1.54) is 25.3 Å². The molecule has 0 saturated heterocycles. The van der Waals surface area contributed by atoms with Crippen molar-refractivity contribution in [2.45, 2.75) is 4.90 Å². The van der Waals surface area contributed by atoms with Crippen molar-refractivity contribution < 1.29 is 27.4 Å². The van der Waals surface area contributed by atoms with Crippen LogP contribution in [-0.4, -0.2) is 34.6 Å². The molecule has 170 valence electrons. The summed E-state index contributed by atoms with van der Waals surface area (Å²) in [7, 11) is -2.33. The number of carbonyl (C=O) groups is 1. The summed E-state index contributed by atoms with van der Waals surface area (Å²) >= 11 is 0. The average Bonchev–Trinajstić information content (AvgIpc) is 2.83. The number of hydrogen-bond donors (Lipinski definition) is 2. The van der Waals surface area contributed by atoms with Crippen LogP contribution in [-0.2, 0) is 14.8 Å². The predicted molar refractivity (Wildman–Crippen MR) is 125 cm³/mol. The second-order valence-electron chi connectivity index (χ2n) is 7.06. The fraction of sp³-hybridized carbons (Fsp3) is 0.125. The molecule has 0 aliphatic carbocycles. The fourth-order valence-electron chi connectivity index (χ4n) is 3.17. The monoisotopic (exact) mass is 466 g/mol. The Labute approximate surface area is 191 Å². The van der Waals surface area contributed by atoms with Crippen LogP contribution in [0.5, 0.6) is 17.2 Å². The smallest absolute Gasteiger partial charge is 0.262 e. The van der Waals surface area contributed by atoms with Crippen molar-refractivity contribution in [1.29, 1.82) is 0 Å². The highest BCUT2D eigenvalue weighted by Crippen LogP contribution is 2.32. The van der Waals surface area contributed by atoms with E-state index in [2.05, 4.69) is 10.0 Å². The normalized spacial score (nSPS) is 12.9. The van der Waals surface area contributed by atoms with Crippen molar-refractivity contribution in [1.82, 2.24) is 0 Å². The van der Waals surface area contributed by atoms with Crippen molar-refractivity contribution in [2.75, 3.05) is 30.4 Å². The van der Waals surface area contributed by atoms with Crippen LogP contribution in [0.15, 0.2) is 77.7 Å². The van der Waals surface area contributed by atoms with Gasteiger partial charge in [0, 0.05) is 17.8 Å². The van der Waals surface area contributed by atoms with E-state index in [1.54, 1.807) is 60.7 Å². The van der Waals surface area contributed by atoms with Gasteiger partial charge >= 0.3 is 0 Å². The Bertz CT molecular complexity index is 1290. The summed E-state index contributed by atoms with van der Waals surface area (Å²) in [6.45, 7) is 0.961. The van der Waals surface area contributed by atoms with Gasteiger partial charge in [0.05, 0.1) is 17.7 Å². The first-order valence-electron chi connectivity index (χ1n) is 10.1. The molecule has 8 nitrogen and oxygen atoms in total. The standard InChI is InChI=1S/C24H22N2O6S/c1-30-21-5-3-2-4-20(21)26-33(28,29)19-10-6-17(7-11-19)8-13-24(27)25-18-9-12-22-23(16-18)32-15-14-31-22/h2-13,16,26H,14-15H2,1H3,(H,25,27)/b13-8+. The van der Waals surface area contributed by atoms with Gasteiger partial charge in [-0.2, -0.15) is 0 Å². The summed E-state index contributed by atoms with van der Waals surface area (Å²) in [5, 5.41) is 2.76. The minimum Gasteiger partial charge on any atom is -0.495 e. The Kier molecular flexibility index (Phi) is 6.50. The SMILES string of the molecule is COc1ccccc1NS(=O)(=O)c1ccc(/C=C/C(=O)Nc2ccc3c(c2)OCCO3)cc1. The lowest BCUT2D eigenvalue weighted by molar-refractivity contribution is -0.111. The Hall–Kier alpha value is -3.98. The molecule has 0 saturated carbocycles. The van der Waals surface area contributed by atoms with Crippen molar-refractivity contribution in [3.05, 3.63) is 78.4 Å². The highest BCUT2D eigenvalue weighted by atomic mass is 32.2. The van der Waals surface area contributed by atoms with Gasteiger partial charge in [0.25, 0.3) is 10.0 Å². The molecule has 1 amide bonds. The van der Waals surface area contributed by atoms with Gasteiger partial charge < -0.3 is 19.5 Å². The number of fused-ring (bicyclic) bond motifs is 1. The Morgan fingerprint density at radius 2 is 1.70 bits per heavy atom. The van der Waals surface area contributed by atoms with Gasteiger partial charge in [-0.1, -0.05) is 24.3 Å². The third kappa shape index (κ3) is 5.45. The average molecular weight is 467 g/mol. The van der Waals surface area contributed by atoms with E-state index in [9.17, 15) is 13.2 Å². The maximum Gasteiger partial charge on any atom is 0.262 e. The predicted octanol–water partition coefficient (Wildman–Crippen LogP) is 3.92. The molecule has 0 radical (unpaired) electrons. The largest absolute Gasteiger partial charge is 0.495 e. The van der Waals surface area contributed by atoms with Crippen LogP contribution in [0, 0.1) is 0 Å². The van der Waals surface area contributed by atoms with E-state index in [1.807, 2.05) is 0 Å². The number of ether oxygens (including phenoxy) is 3. The number of anilines is 2. The summed E-state index contributed by atoms with van der Waals surface area (Å²) in [4.78, 5) is 12.3. The molecule has 0 bridgehead atoms. The number of carbonyl (C=O) groups excluding carboxylic acids is 1. The molecule has 0 fully saturated rings. The summed E-state index contributed by atoms with van der Waals surface area (Å²) in [6, 6.07) is 18.1. The minimum atomic E-state index is -3.80. The molecule has 4 rings (SSSR count). The molecule has 0 aromatic heterocycles. The van der Waals surface area contributed by atoms with Crippen LogP contribution in [0.4, 0.5) is 11.4 Å². The zero-order valence-corrected chi connectivity index (χ0v) is 18.6. The van der Waals surface area contributed by atoms with Crippen LogP contribution < -0.4 is 24.2 Å². The lowest BCUT2D eigenvalue weighted by Gasteiger charge is -2.18. The van der Waals surface area contributed by atoms with Gasteiger partial charge in [-0.05, 0) is 48.0 Å². The minimum absolute atomic E-state index is 0.0892. The molecule has 0 atom stereocenters. The van der Waals surface area contributed by atoms with Crippen LogP contribution in [0.3, 0.4) is 0 Å². The molecule has 9 heteroatoms. The van der Waals surface area contributed by atoms with Crippen molar-refractivity contribution in [2.24, 2.45) is 0 Å². The third-order valence-corrected chi connectivity index (χ3v) is 6.16. The first kappa shape index (κ1) is 22.2. The fourth-order valence-corrected chi connectivity index (χ4v) is 4.24. The third-order valence-electron chi connectivity index (χ3n) is 4.78. The number of hydrogen-bond acceptors (Lipinski definition) is 6. The summed E-state index contributed by atoms with van der Waals surface area (Å²) in [6.07, 6.45) is 2.96. The van der Waals surface area contributed by atoms with E-state index in [0.29, 0.717) is 47.4 Å². The molecule has 3 aromatic rings. The topological polar surface area (TPSA) is 103 Å². The number of methoxy groups -OCH3 is 1. The van der Waals surface area contributed by atoms with E-state index in [-0.39, 0.29) is 10.8 Å². The van der Waals surface area contributed by atoms with E-state index in [0.717, 1.165) is 0 Å². The number of sulfonamides is 1. The van der Waals surface area contributed by atoms with E-state index < -0.39 is 10.0 Å². The number of rotatable bonds is 7. The summed E-state index contributed by atoms with van der Waals surface area (Å²) < 4.78 is 44.0. The number of benzene rings is 3. The highest BCUT2D eigenvalue weighted by molar-refractivity contribution is 7.92. The number of para-hydroxylation sites is 2. The van der Waals surface area contributed by atoms with Gasteiger partial charge in [-0.15, -0.1) is 0 Å². The molecule has 0 spiro atoms. The first-order valence-corrected chi connectivity index (χ1v) is 11.6. The molecular formula is C24H22N2O6S. The Balaban J connectivity index is 1.40. The highest BCUT2D eigenvalue weighted by Gasteiger charge is 2.16. The summed E-state index contributed by atoms with van der Waals surface area (Å²) in [5.74, 6) is 1.32. The number of nitrogens with one attached hydrogen (secondary N) is 2. The van der Waals surface area contributed by atoms with Crippen molar-refractivity contribution in [3.63, 3.8) is 0 Å². The second-order valence-corrected chi connectivity index (χ2v) is 8.74. The lowest BCUT2D eigenvalue weighted by atomic mass is 10.2. The summed E-state index contributed by atoms with van der Waals surface area (Å²) in [5.41, 5.74) is 1.60. The Morgan fingerprint density at radius 1 is 0.970 bits per heavy atom. The zero-order valence-electron chi connectivity index (χ0n) is 17.8. The van der Waals surface area contributed by atoms with Crippen LogP contribution in [0.25, 0.3) is 6.08 Å². The maximum atomic E-state index is 12.7. The molecule has 1 heterocycles. The molecule has 3 aromatic carbocycles. The van der Waals surface area contributed by atoms with E-state index >= 15 is 0 Å². The van der Waals surface area contributed by atoms with Crippen LogP contribution in [0.1, 0.15) is 5.56 Å². The quantitative estimate of drug-likeness (QED) is 0.512. The van der Waals surface area contributed by atoms with Crippen molar-refractivity contribution >= 4 is 33.4 Å². The molecule has 0 unspecified atom stereocenters. The Morgan fingerprint density at radius 3 is 2.45 bits per heavy atom. The molecule has 1 aliphatic rings. The van der Waals surface area contributed by atoms with Gasteiger partial charge in [0.2, 0.25) is 5.91 Å². The first-order chi connectivity index (χ1) is 15.9. The second kappa shape index (κ2) is 9.66. The van der Waals surface area contributed by atoms with Crippen LogP contribution >= 0.6 is 0 Å². The number of amides is 1. The lowest BCUT2D eigenvalue weighted by Crippen LogP contribution is -2.16. The van der Waals surface area contributed by atoms with Gasteiger partial charge in [-0.3, -0.25) is 9.52 Å². The molecule has 33 heavy (non-hydrogen) atoms. The maximum absolute atomic E-state index is 12.7. The molecule has 1 aliphatic heterocycles. The zero-order chi connectivity index (χ0) is 23.3.